The van der Waals surface area contributed by atoms with Crippen LogP contribution in [0.1, 0.15) is 5.56 Å². The fraction of sp³-hybridized carbons (Fsp3) is 0.143. The molecule has 0 heterocycles. The Morgan fingerprint density at radius 2 is 2.00 bits per heavy atom. The summed E-state index contributed by atoms with van der Waals surface area (Å²) in [6, 6.07) is 1.79. The zero-order valence-corrected chi connectivity index (χ0v) is 6.33. The highest BCUT2D eigenvalue weighted by molar-refractivity contribution is 6.31. The van der Waals surface area contributed by atoms with Crippen LogP contribution >= 0.6 is 11.6 Å². The van der Waals surface area contributed by atoms with E-state index in [-0.39, 0.29) is 17.1 Å². The minimum atomic E-state index is -0.697. The van der Waals surface area contributed by atoms with Gasteiger partial charge < -0.3 is 5.73 Å². The number of hydrogen-bond donors (Lipinski definition) is 1. The summed E-state index contributed by atoms with van der Waals surface area (Å²) in [5.74, 6) is -1.39. The van der Waals surface area contributed by atoms with Gasteiger partial charge in [-0.25, -0.2) is 8.78 Å². The van der Waals surface area contributed by atoms with Crippen LogP contribution in [0.15, 0.2) is 12.1 Å². The number of rotatable bonds is 1. The van der Waals surface area contributed by atoms with E-state index in [0.717, 1.165) is 12.1 Å². The first-order valence-corrected chi connectivity index (χ1v) is 3.36. The standard InChI is InChI=1S/C7H6ClF2N/c8-6-1-4(9)2-7(10)5(6)3-11/h1-2H,3,11H2. The van der Waals surface area contributed by atoms with Gasteiger partial charge in [0.1, 0.15) is 11.6 Å². The van der Waals surface area contributed by atoms with Crippen molar-refractivity contribution in [2.24, 2.45) is 5.73 Å². The van der Waals surface area contributed by atoms with Gasteiger partial charge in [-0.3, -0.25) is 0 Å². The molecule has 0 unspecified atom stereocenters. The summed E-state index contributed by atoms with van der Waals surface area (Å²) in [7, 11) is 0. The zero-order chi connectivity index (χ0) is 8.43. The van der Waals surface area contributed by atoms with E-state index >= 15 is 0 Å². The molecule has 0 fully saturated rings. The van der Waals surface area contributed by atoms with Gasteiger partial charge in [-0.05, 0) is 6.07 Å². The summed E-state index contributed by atoms with van der Waals surface area (Å²) in [5.41, 5.74) is 5.30. The molecule has 0 bridgehead atoms. The van der Waals surface area contributed by atoms with E-state index < -0.39 is 11.6 Å². The molecular weight excluding hydrogens is 172 g/mol. The molecule has 0 saturated heterocycles. The molecule has 1 aromatic carbocycles. The molecule has 60 valence electrons. The van der Waals surface area contributed by atoms with Crippen molar-refractivity contribution in [2.45, 2.75) is 6.54 Å². The fourth-order valence-corrected chi connectivity index (χ4v) is 1.04. The normalized spacial score (nSPS) is 10.2. The summed E-state index contributed by atoms with van der Waals surface area (Å²) in [6.45, 7) is -0.0229. The first-order chi connectivity index (χ1) is 5.15. The largest absolute Gasteiger partial charge is 0.326 e. The van der Waals surface area contributed by atoms with Crippen LogP contribution in [0.25, 0.3) is 0 Å². The molecule has 2 N–H and O–H groups in total. The first-order valence-electron chi connectivity index (χ1n) is 2.98. The van der Waals surface area contributed by atoms with Crippen LogP contribution < -0.4 is 5.73 Å². The third-order valence-corrected chi connectivity index (χ3v) is 1.65. The van der Waals surface area contributed by atoms with Crippen LogP contribution in [0.4, 0.5) is 8.78 Å². The quantitative estimate of drug-likeness (QED) is 0.699. The summed E-state index contributed by atoms with van der Waals surface area (Å²) in [6.07, 6.45) is 0. The third kappa shape index (κ3) is 1.67. The van der Waals surface area contributed by atoms with Crippen molar-refractivity contribution >= 4 is 11.6 Å². The molecule has 1 aromatic rings. The number of hydrogen-bond acceptors (Lipinski definition) is 1. The Hall–Kier alpha value is -0.670. The molecular formula is C7H6ClF2N. The Morgan fingerprint density at radius 1 is 1.36 bits per heavy atom. The Kier molecular flexibility index (Phi) is 2.42. The third-order valence-electron chi connectivity index (χ3n) is 1.31. The van der Waals surface area contributed by atoms with Gasteiger partial charge in [0.05, 0.1) is 5.02 Å². The Bertz CT molecular complexity index is 252. The molecule has 0 atom stereocenters. The van der Waals surface area contributed by atoms with Gasteiger partial charge in [-0.2, -0.15) is 0 Å². The molecule has 0 aliphatic heterocycles. The van der Waals surface area contributed by atoms with Crippen LogP contribution in [-0.2, 0) is 6.54 Å². The Labute approximate surface area is 67.8 Å². The van der Waals surface area contributed by atoms with Gasteiger partial charge in [0.25, 0.3) is 0 Å². The van der Waals surface area contributed by atoms with Crippen LogP contribution in [0.2, 0.25) is 5.02 Å². The topological polar surface area (TPSA) is 26.0 Å². The molecule has 1 nitrogen and oxygen atoms in total. The molecule has 0 aromatic heterocycles. The zero-order valence-electron chi connectivity index (χ0n) is 5.57. The van der Waals surface area contributed by atoms with Gasteiger partial charge in [0.2, 0.25) is 0 Å². The van der Waals surface area contributed by atoms with E-state index in [9.17, 15) is 8.78 Å². The van der Waals surface area contributed by atoms with Crippen molar-refractivity contribution in [1.29, 1.82) is 0 Å². The lowest BCUT2D eigenvalue weighted by atomic mass is 10.2. The number of nitrogens with two attached hydrogens (primary N) is 1. The fourth-order valence-electron chi connectivity index (χ4n) is 0.767. The predicted octanol–water partition coefficient (Wildman–Crippen LogP) is 2.08. The van der Waals surface area contributed by atoms with Crippen molar-refractivity contribution in [3.8, 4) is 0 Å². The second kappa shape index (κ2) is 3.15. The highest BCUT2D eigenvalue weighted by Crippen LogP contribution is 2.19. The highest BCUT2D eigenvalue weighted by Gasteiger charge is 2.06. The SMILES string of the molecule is NCc1c(F)cc(F)cc1Cl. The van der Waals surface area contributed by atoms with Gasteiger partial charge in [-0.1, -0.05) is 11.6 Å². The van der Waals surface area contributed by atoms with Crippen LogP contribution in [0, 0.1) is 11.6 Å². The molecule has 0 saturated carbocycles. The van der Waals surface area contributed by atoms with Crippen molar-refractivity contribution in [2.75, 3.05) is 0 Å². The summed E-state index contributed by atoms with van der Waals surface area (Å²) in [5, 5.41) is 0.0324. The Balaban J connectivity index is 3.25. The molecule has 0 amide bonds. The lowest BCUT2D eigenvalue weighted by Crippen LogP contribution is -2.01. The molecule has 0 radical (unpaired) electrons. The van der Waals surface area contributed by atoms with Crippen molar-refractivity contribution in [3.63, 3.8) is 0 Å². The molecule has 4 heteroatoms. The second-order valence-electron chi connectivity index (χ2n) is 2.05. The summed E-state index contributed by atoms with van der Waals surface area (Å²) >= 11 is 5.47. The Morgan fingerprint density at radius 3 is 2.45 bits per heavy atom. The molecule has 0 aliphatic rings. The molecule has 11 heavy (non-hydrogen) atoms. The minimum absolute atomic E-state index is 0.0229. The minimum Gasteiger partial charge on any atom is -0.326 e. The monoisotopic (exact) mass is 177 g/mol. The van der Waals surface area contributed by atoms with E-state index in [1.165, 1.54) is 0 Å². The lowest BCUT2D eigenvalue weighted by molar-refractivity contribution is 0.573. The van der Waals surface area contributed by atoms with Gasteiger partial charge in [0.15, 0.2) is 0 Å². The van der Waals surface area contributed by atoms with Gasteiger partial charge in [0, 0.05) is 18.2 Å². The van der Waals surface area contributed by atoms with Crippen molar-refractivity contribution in [3.05, 3.63) is 34.4 Å². The highest BCUT2D eigenvalue weighted by atomic mass is 35.5. The maximum Gasteiger partial charge on any atom is 0.132 e. The van der Waals surface area contributed by atoms with Crippen LogP contribution in [0.3, 0.4) is 0 Å². The van der Waals surface area contributed by atoms with Crippen LogP contribution in [0.5, 0.6) is 0 Å². The van der Waals surface area contributed by atoms with E-state index in [4.69, 9.17) is 17.3 Å². The van der Waals surface area contributed by atoms with Gasteiger partial charge in [-0.15, -0.1) is 0 Å². The average molecular weight is 178 g/mol. The second-order valence-corrected chi connectivity index (χ2v) is 2.46. The predicted molar refractivity (Wildman–Crippen MR) is 39.3 cm³/mol. The van der Waals surface area contributed by atoms with Crippen molar-refractivity contribution < 1.29 is 8.78 Å². The maximum absolute atomic E-state index is 12.7. The number of halogens is 3. The molecule has 1 rings (SSSR count). The van der Waals surface area contributed by atoms with E-state index in [1.807, 2.05) is 0 Å². The molecule has 0 spiro atoms. The van der Waals surface area contributed by atoms with Crippen molar-refractivity contribution in [1.82, 2.24) is 0 Å². The van der Waals surface area contributed by atoms with E-state index in [0.29, 0.717) is 0 Å². The summed E-state index contributed by atoms with van der Waals surface area (Å²) < 4.78 is 25.1. The van der Waals surface area contributed by atoms with Gasteiger partial charge >= 0.3 is 0 Å². The lowest BCUT2D eigenvalue weighted by Gasteiger charge is -2.01. The van der Waals surface area contributed by atoms with E-state index in [1.54, 1.807) is 0 Å². The number of benzene rings is 1. The van der Waals surface area contributed by atoms with Crippen LogP contribution in [-0.4, -0.2) is 0 Å². The average Bonchev–Trinajstić information content (AvgIpc) is 1.85. The van der Waals surface area contributed by atoms with E-state index in [2.05, 4.69) is 0 Å². The first kappa shape index (κ1) is 8.43. The summed E-state index contributed by atoms with van der Waals surface area (Å²) in [4.78, 5) is 0. The molecule has 0 aliphatic carbocycles. The maximum atomic E-state index is 12.7. The smallest absolute Gasteiger partial charge is 0.132 e.